The Morgan fingerprint density at radius 3 is 2.24 bits per heavy atom. The van der Waals surface area contributed by atoms with Crippen molar-refractivity contribution in [3.8, 4) is 5.75 Å². The van der Waals surface area contributed by atoms with Gasteiger partial charge in [0, 0.05) is 24.4 Å². The molecule has 2 aliphatic rings. The summed E-state index contributed by atoms with van der Waals surface area (Å²) in [5.41, 5.74) is 6.79. The summed E-state index contributed by atoms with van der Waals surface area (Å²) in [6.07, 6.45) is 7.42. The second kappa shape index (κ2) is 13.2. The Morgan fingerprint density at radius 1 is 0.857 bits per heavy atom. The zero-order valence-corrected chi connectivity index (χ0v) is 26.7. The van der Waals surface area contributed by atoms with E-state index in [9.17, 15) is 0 Å². The van der Waals surface area contributed by atoms with Gasteiger partial charge in [0.05, 0.1) is 6.61 Å². The number of anilines is 1. The van der Waals surface area contributed by atoms with Crippen LogP contribution in [0.2, 0.25) is 0 Å². The van der Waals surface area contributed by atoms with E-state index in [4.69, 9.17) is 14.2 Å². The van der Waals surface area contributed by atoms with E-state index in [-0.39, 0.29) is 17.6 Å². The summed E-state index contributed by atoms with van der Waals surface area (Å²) >= 11 is 0. The summed E-state index contributed by atoms with van der Waals surface area (Å²) in [7, 11) is 0. The van der Waals surface area contributed by atoms with Crippen LogP contribution in [0.5, 0.6) is 5.75 Å². The average Bonchev–Trinajstić information content (AvgIpc) is 2.96. The Hall–Kier alpha value is -2.82. The average molecular weight is 570 g/mol. The molecule has 4 nitrogen and oxygen atoms in total. The minimum absolute atomic E-state index is 0.155. The second-order valence-corrected chi connectivity index (χ2v) is 14.1. The van der Waals surface area contributed by atoms with E-state index in [1.807, 2.05) is 0 Å². The van der Waals surface area contributed by atoms with Gasteiger partial charge in [0.1, 0.15) is 23.6 Å². The lowest BCUT2D eigenvalue weighted by Crippen LogP contribution is -2.51. The molecular weight excluding hydrogens is 518 g/mol. The van der Waals surface area contributed by atoms with Crippen molar-refractivity contribution in [2.45, 2.75) is 116 Å². The maximum atomic E-state index is 6.80. The van der Waals surface area contributed by atoms with Gasteiger partial charge in [-0.1, -0.05) is 107 Å². The summed E-state index contributed by atoms with van der Waals surface area (Å²) in [5, 5.41) is 3.64. The third kappa shape index (κ3) is 7.76. The monoisotopic (exact) mass is 569 g/mol. The van der Waals surface area contributed by atoms with E-state index in [1.165, 1.54) is 48.8 Å². The van der Waals surface area contributed by atoms with Gasteiger partial charge >= 0.3 is 0 Å². The van der Waals surface area contributed by atoms with Crippen molar-refractivity contribution >= 4 is 5.69 Å². The van der Waals surface area contributed by atoms with E-state index in [0.717, 1.165) is 48.1 Å². The number of benzene rings is 3. The first-order valence-electron chi connectivity index (χ1n) is 16.0. The van der Waals surface area contributed by atoms with Crippen molar-refractivity contribution in [2.24, 2.45) is 5.92 Å². The highest BCUT2D eigenvalue weighted by Gasteiger charge is 2.45. The van der Waals surface area contributed by atoms with Gasteiger partial charge in [0.15, 0.2) is 0 Å². The predicted molar refractivity (Wildman–Crippen MR) is 173 cm³/mol. The van der Waals surface area contributed by atoms with E-state index >= 15 is 0 Å². The highest BCUT2D eigenvalue weighted by Crippen LogP contribution is 2.45. The molecule has 226 valence electrons. The van der Waals surface area contributed by atoms with Gasteiger partial charge in [-0.2, -0.15) is 0 Å². The van der Waals surface area contributed by atoms with Crippen LogP contribution in [-0.2, 0) is 28.0 Å². The van der Waals surface area contributed by atoms with Crippen molar-refractivity contribution in [1.82, 2.24) is 0 Å². The fourth-order valence-electron chi connectivity index (χ4n) is 6.34. The van der Waals surface area contributed by atoms with Crippen LogP contribution in [0.3, 0.4) is 0 Å². The fourth-order valence-corrected chi connectivity index (χ4v) is 6.34. The molecule has 1 heterocycles. The van der Waals surface area contributed by atoms with Crippen LogP contribution < -0.4 is 10.1 Å². The van der Waals surface area contributed by atoms with E-state index < -0.39 is 5.60 Å². The Kier molecular flexibility index (Phi) is 9.64. The Morgan fingerprint density at radius 2 is 1.55 bits per heavy atom. The molecular formula is C38H51NO3. The summed E-state index contributed by atoms with van der Waals surface area (Å²) in [6, 6.07) is 23.9. The predicted octanol–water partition coefficient (Wildman–Crippen LogP) is 9.69. The molecule has 0 radical (unpaired) electrons. The molecule has 0 amide bonds. The van der Waals surface area contributed by atoms with E-state index in [0.29, 0.717) is 6.61 Å². The van der Waals surface area contributed by atoms with Crippen LogP contribution in [0.25, 0.3) is 0 Å². The number of hydrogen-bond acceptors (Lipinski definition) is 4. The third-order valence-corrected chi connectivity index (χ3v) is 9.06. The lowest BCUT2D eigenvalue weighted by atomic mass is 9.86. The van der Waals surface area contributed by atoms with Gasteiger partial charge in [0.2, 0.25) is 0 Å². The number of nitrogens with one attached hydrogen (secondary N) is 1. The third-order valence-electron chi connectivity index (χ3n) is 9.06. The quantitative estimate of drug-likeness (QED) is 0.264. The fraction of sp³-hybridized carbons (Fsp3) is 0.526. The lowest BCUT2D eigenvalue weighted by molar-refractivity contribution is -0.168. The van der Waals surface area contributed by atoms with E-state index in [1.54, 1.807) is 0 Å². The molecule has 0 saturated heterocycles. The number of rotatable bonds is 10. The van der Waals surface area contributed by atoms with Crippen LogP contribution in [0.4, 0.5) is 5.69 Å². The van der Waals surface area contributed by atoms with Crippen molar-refractivity contribution in [3.05, 3.63) is 94.5 Å². The maximum Gasteiger partial charge on any atom is 0.132 e. The van der Waals surface area contributed by atoms with Crippen LogP contribution >= 0.6 is 0 Å². The summed E-state index contributed by atoms with van der Waals surface area (Å²) in [5.74, 6) is 1.66. The SMILES string of the molecule is Cc1ccc(COC2C(OCCC3CCCCC3)c3cc(NCc4ccc(C(C)(C)C)cc4)ccc3OC2(C)C)cc1. The van der Waals surface area contributed by atoms with Crippen molar-refractivity contribution < 1.29 is 14.2 Å². The molecule has 1 aliphatic carbocycles. The van der Waals surface area contributed by atoms with Gasteiger partial charge in [-0.15, -0.1) is 0 Å². The molecule has 0 bridgehead atoms. The molecule has 42 heavy (non-hydrogen) atoms. The minimum atomic E-state index is -0.531. The first kappa shape index (κ1) is 30.6. The number of ether oxygens (including phenoxy) is 3. The van der Waals surface area contributed by atoms with E-state index in [2.05, 4.69) is 114 Å². The Balaban J connectivity index is 1.34. The minimum Gasteiger partial charge on any atom is -0.485 e. The second-order valence-electron chi connectivity index (χ2n) is 14.1. The highest BCUT2D eigenvalue weighted by atomic mass is 16.6. The zero-order chi connectivity index (χ0) is 29.7. The van der Waals surface area contributed by atoms with Crippen LogP contribution in [0.15, 0.2) is 66.7 Å². The molecule has 0 spiro atoms. The van der Waals surface area contributed by atoms with Gasteiger partial charge < -0.3 is 19.5 Å². The molecule has 1 fully saturated rings. The maximum absolute atomic E-state index is 6.80. The van der Waals surface area contributed by atoms with Crippen LogP contribution in [0, 0.1) is 12.8 Å². The Labute approximate surface area is 254 Å². The molecule has 1 N–H and O–H groups in total. The molecule has 5 rings (SSSR count). The topological polar surface area (TPSA) is 39.7 Å². The zero-order valence-electron chi connectivity index (χ0n) is 26.7. The lowest BCUT2D eigenvalue weighted by Gasteiger charge is -2.44. The number of fused-ring (bicyclic) bond motifs is 1. The normalized spacial score (nSPS) is 20.5. The van der Waals surface area contributed by atoms with Gasteiger partial charge in [-0.05, 0) is 73.4 Å². The van der Waals surface area contributed by atoms with Crippen molar-refractivity contribution in [3.63, 3.8) is 0 Å². The summed E-state index contributed by atoms with van der Waals surface area (Å²) < 4.78 is 20.1. The molecule has 3 aromatic carbocycles. The first-order chi connectivity index (χ1) is 20.1. The van der Waals surface area contributed by atoms with Crippen molar-refractivity contribution in [2.75, 3.05) is 11.9 Å². The van der Waals surface area contributed by atoms with Crippen LogP contribution in [0.1, 0.15) is 107 Å². The van der Waals surface area contributed by atoms with Gasteiger partial charge in [-0.25, -0.2) is 0 Å². The van der Waals surface area contributed by atoms with Crippen LogP contribution in [-0.4, -0.2) is 18.3 Å². The molecule has 1 aliphatic heterocycles. The summed E-state index contributed by atoms with van der Waals surface area (Å²) in [6.45, 7) is 15.2. The smallest absolute Gasteiger partial charge is 0.132 e. The largest absolute Gasteiger partial charge is 0.485 e. The van der Waals surface area contributed by atoms with Gasteiger partial charge in [0.25, 0.3) is 0 Å². The Bertz CT molecular complexity index is 1280. The van der Waals surface area contributed by atoms with Gasteiger partial charge in [-0.3, -0.25) is 0 Å². The molecule has 2 atom stereocenters. The number of aryl methyl sites for hydroxylation is 1. The molecule has 1 saturated carbocycles. The number of hydrogen-bond donors (Lipinski definition) is 1. The first-order valence-corrected chi connectivity index (χ1v) is 16.0. The molecule has 0 aromatic heterocycles. The molecule has 4 heteroatoms. The van der Waals surface area contributed by atoms with Crippen molar-refractivity contribution in [1.29, 1.82) is 0 Å². The molecule has 2 unspecified atom stereocenters. The molecule has 3 aromatic rings. The highest BCUT2D eigenvalue weighted by molar-refractivity contribution is 5.54. The summed E-state index contributed by atoms with van der Waals surface area (Å²) in [4.78, 5) is 0. The standard InChI is InChI=1S/C38H51NO3/c1-27-12-14-30(15-13-27)26-41-36-35(40-23-22-28-10-8-7-9-11-28)33-24-32(20-21-34(33)42-38(36,5)6)39-25-29-16-18-31(19-17-29)37(2,3)4/h12-21,24,28,35-36,39H,7-11,22-23,25-26H2,1-6H3.